The molecule has 0 aromatic heterocycles. The van der Waals surface area contributed by atoms with E-state index in [-0.39, 0.29) is 17.2 Å². The van der Waals surface area contributed by atoms with Gasteiger partial charge in [-0.1, -0.05) is 6.07 Å². The minimum Gasteiger partial charge on any atom is -0.504 e. The molecule has 4 nitrogen and oxygen atoms in total. The number of para-hydroxylation sites is 1. The molecule has 1 rings (SSSR count). The lowest BCUT2D eigenvalue weighted by molar-refractivity contribution is 0.368. The number of halogens is 1. The highest BCUT2D eigenvalue weighted by Crippen LogP contribution is 2.32. The van der Waals surface area contributed by atoms with Crippen molar-refractivity contribution >= 4 is 17.3 Å². The molecule has 0 amide bonds. The first-order valence-corrected chi connectivity index (χ1v) is 3.31. The van der Waals surface area contributed by atoms with Crippen LogP contribution in [0.25, 0.3) is 0 Å². The van der Waals surface area contributed by atoms with E-state index in [0.717, 1.165) is 0 Å². The molecular weight excluding hydrogens is 184 g/mol. The molecule has 0 aliphatic rings. The van der Waals surface area contributed by atoms with Crippen LogP contribution in [0.15, 0.2) is 18.2 Å². The normalized spacial score (nSPS) is 8.08. The third-order valence-electron chi connectivity index (χ3n) is 0.993. The van der Waals surface area contributed by atoms with Crippen LogP contribution in [0, 0.1) is 0 Å². The highest BCUT2D eigenvalue weighted by molar-refractivity contribution is 6.54. The second-order valence-corrected chi connectivity index (χ2v) is 1.91. The summed E-state index contributed by atoms with van der Waals surface area (Å²) in [5.41, 5.74) is 0. The number of carbonyl (C=O) groups excluding carboxylic acids is 1. The Labute approximate surface area is 73.6 Å². The van der Waals surface area contributed by atoms with Crippen molar-refractivity contribution in [3.05, 3.63) is 18.2 Å². The van der Waals surface area contributed by atoms with E-state index in [1.807, 2.05) is 0 Å². The molecule has 0 radical (unpaired) electrons. The summed E-state index contributed by atoms with van der Waals surface area (Å²) in [6.07, 6.45) is 0. The average molecular weight is 191 g/mol. The van der Waals surface area contributed by atoms with Crippen molar-refractivity contribution in [2.75, 3.05) is 0 Å². The molecule has 12 heavy (non-hydrogen) atoms. The predicted molar refractivity (Wildman–Crippen MR) is 44.0 cm³/mol. The van der Waals surface area contributed by atoms with E-state index >= 15 is 0 Å². The zero-order valence-electron chi connectivity index (χ0n) is 5.94. The molecular formula is C7H7ClO4. The maximum Gasteiger partial charge on any atom is 0.208 e. The Morgan fingerprint density at radius 3 is 1.75 bits per heavy atom. The Balaban J connectivity index is 0.000000354. The number of rotatable bonds is 0. The van der Waals surface area contributed by atoms with Crippen LogP contribution in [-0.2, 0) is 4.79 Å². The van der Waals surface area contributed by atoms with Gasteiger partial charge in [0.1, 0.15) is 0 Å². The third kappa shape index (κ3) is 3.12. The summed E-state index contributed by atoms with van der Waals surface area (Å²) in [6.45, 7) is 0. The molecule has 5 heteroatoms. The molecule has 3 N–H and O–H groups in total. The van der Waals surface area contributed by atoms with Crippen molar-refractivity contribution in [1.82, 2.24) is 0 Å². The van der Waals surface area contributed by atoms with Gasteiger partial charge in [0.2, 0.25) is 5.75 Å². The maximum absolute atomic E-state index is 8.71. The molecule has 0 saturated carbocycles. The van der Waals surface area contributed by atoms with Crippen LogP contribution in [0.4, 0.5) is 0 Å². The van der Waals surface area contributed by atoms with E-state index in [1.165, 1.54) is 18.2 Å². The minimum absolute atomic E-state index is 0.222. The molecule has 0 aliphatic carbocycles. The van der Waals surface area contributed by atoms with Gasteiger partial charge < -0.3 is 15.3 Å². The number of hydrogen-bond donors (Lipinski definition) is 3. The first-order chi connectivity index (χ1) is 5.63. The van der Waals surface area contributed by atoms with Crippen LogP contribution in [0.1, 0.15) is 0 Å². The van der Waals surface area contributed by atoms with Crippen molar-refractivity contribution in [3.8, 4) is 17.2 Å². The van der Waals surface area contributed by atoms with E-state index < -0.39 is 5.75 Å². The van der Waals surface area contributed by atoms with Gasteiger partial charge in [-0.3, -0.25) is 4.79 Å². The van der Waals surface area contributed by atoms with Crippen LogP contribution in [-0.4, -0.2) is 21.1 Å². The van der Waals surface area contributed by atoms with E-state index in [2.05, 4.69) is 11.6 Å². The van der Waals surface area contributed by atoms with Gasteiger partial charge in [0, 0.05) is 0 Å². The smallest absolute Gasteiger partial charge is 0.208 e. The third-order valence-corrected chi connectivity index (χ3v) is 0.993. The summed E-state index contributed by atoms with van der Waals surface area (Å²) in [7, 11) is 0. The Hall–Kier alpha value is -1.42. The quantitative estimate of drug-likeness (QED) is 0.327. The van der Waals surface area contributed by atoms with Gasteiger partial charge in [0.05, 0.1) is 0 Å². The van der Waals surface area contributed by atoms with Crippen LogP contribution in [0.5, 0.6) is 17.2 Å². The summed E-state index contributed by atoms with van der Waals surface area (Å²) in [5.74, 6) is -0.873. The van der Waals surface area contributed by atoms with Gasteiger partial charge in [-0.25, -0.2) is 0 Å². The minimum atomic E-state index is -0.475. The number of hydrogen-bond acceptors (Lipinski definition) is 4. The van der Waals surface area contributed by atoms with Crippen molar-refractivity contribution in [1.29, 1.82) is 0 Å². The largest absolute Gasteiger partial charge is 0.504 e. The molecule has 0 aliphatic heterocycles. The van der Waals surface area contributed by atoms with Crippen LogP contribution in [0.3, 0.4) is 0 Å². The SMILES string of the molecule is O=CCl.Oc1cccc(O)c1O. The van der Waals surface area contributed by atoms with Crippen LogP contribution >= 0.6 is 11.6 Å². The van der Waals surface area contributed by atoms with E-state index in [9.17, 15) is 0 Å². The number of aromatic hydroxyl groups is 3. The number of carbonyl (C=O) groups is 1. The molecule has 1 aromatic carbocycles. The Kier molecular flexibility index (Phi) is 4.64. The monoisotopic (exact) mass is 190 g/mol. The molecule has 1 aromatic rings. The Bertz CT molecular complexity index is 241. The Morgan fingerprint density at radius 2 is 1.50 bits per heavy atom. The van der Waals surface area contributed by atoms with Crippen molar-refractivity contribution in [2.45, 2.75) is 0 Å². The van der Waals surface area contributed by atoms with E-state index in [0.29, 0.717) is 0 Å². The Morgan fingerprint density at radius 1 is 1.17 bits per heavy atom. The van der Waals surface area contributed by atoms with Crippen molar-refractivity contribution in [2.24, 2.45) is 0 Å². The molecule has 0 bridgehead atoms. The molecule has 0 spiro atoms. The lowest BCUT2D eigenvalue weighted by Crippen LogP contribution is -1.67. The van der Waals surface area contributed by atoms with Gasteiger partial charge in [-0.05, 0) is 23.7 Å². The average Bonchev–Trinajstić information content (AvgIpc) is 2.02. The summed E-state index contributed by atoms with van der Waals surface area (Å²) < 4.78 is 0. The van der Waals surface area contributed by atoms with Crippen LogP contribution < -0.4 is 0 Å². The standard InChI is InChI=1S/C6H6O3.CHClO/c7-4-2-1-3-5(8)6(4)9;2-1-3/h1-3,7-9H;1H. The maximum atomic E-state index is 8.71. The first kappa shape index (κ1) is 10.6. The van der Waals surface area contributed by atoms with Gasteiger partial charge in [-0.15, -0.1) is 0 Å². The van der Waals surface area contributed by atoms with Crippen molar-refractivity contribution < 1.29 is 20.1 Å². The summed E-state index contributed by atoms with van der Waals surface area (Å²) >= 11 is 4.32. The van der Waals surface area contributed by atoms with E-state index in [4.69, 9.17) is 20.1 Å². The second kappa shape index (κ2) is 5.26. The number of benzene rings is 1. The molecule has 0 heterocycles. The van der Waals surface area contributed by atoms with Gasteiger partial charge >= 0.3 is 0 Å². The fourth-order valence-corrected chi connectivity index (χ4v) is 0.519. The number of phenols is 3. The topological polar surface area (TPSA) is 77.8 Å². The molecule has 0 unspecified atom stereocenters. The molecule has 0 atom stereocenters. The summed E-state index contributed by atoms with van der Waals surface area (Å²) in [4.78, 5) is 8.57. The zero-order valence-corrected chi connectivity index (χ0v) is 6.69. The second-order valence-electron chi connectivity index (χ2n) is 1.73. The zero-order chi connectivity index (χ0) is 9.56. The predicted octanol–water partition coefficient (Wildman–Crippen LogP) is 1.22. The lowest BCUT2D eigenvalue weighted by atomic mass is 10.3. The van der Waals surface area contributed by atoms with Gasteiger partial charge in [0.15, 0.2) is 17.2 Å². The fraction of sp³-hybridized carbons (Fsp3) is 0. The van der Waals surface area contributed by atoms with Gasteiger partial charge in [0.25, 0.3) is 0 Å². The molecule has 0 fully saturated rings. The van der Waals surface area contributed by atoms with Gasteiger partial charge in [-0.2, -0.15) is 0 Å². The van der Waals surface area contributed by atoms with E-state index in [1.54, 1.807) is 0 Å². The molecule has 0 saturated heterocycles. The number of phenolic OH excluding ortho intramolecular Hbond substituents is 3. The fourth-order valence-electron chi connectivity index (χ4n) is 0.519. The summed E-state index contributed by atoms with van der Waals surface area (Å²) in [6, 6.07) is 4.01. The lowest BCUT2D eigenvalue weighted by Gasteiger charge is -1.96. The van der Waals surface area contributed by atoms with Crippen molar-refractivity contribution in [3.63, 3.8) is 0 Å². The highest BCUT2D eigenvalue weighted by Gasteiger charge is 2.00. The highest BCUT2D eigenvalue weighted by atomic mass is 35.5. The van der Waals surface area contributed by atoms with Crippen LogP contribution in [0.2, 0.25) is 0 Å². The molecule has 66 valence electrons. The summed E-state index contributed by atoms with van der Waals surface area (Å²) in [5, 5.41) is 26.1. The first-order valence-electron chi connectivity index (χ1n) is 2.87.